The molecule has 0 atom stereocenters. The number of hydrogen-bond donors (Lipinski definition) is 0. The minimum atomic E-state index is 0. The van der Waals surface area contributed by atoms with Gasteiger partial charge in [0.2, 0.25) is 0 Å². The molecule has 0 N–H and O–H groups in total. The van der Waals surface area contributed by atoms with Crippen molar-refractivity contribution in [2.75, 3.05) is 7.11 Å². The first-order valence-electron chi connectivity index (χ1n) is 15.7. The molecular formula is C40H36N4O2Pt. The van der Waals surface area contributed by atoms with Gasteiger partial charge in [0.1, 0.15) is 11.6 Å². The Kier molecular flexibility index (Phi) is 9.33. The molecule has 3 heterocycles. The predicted molar refractivity (Wildman–Crippen MR) is 185 cm³/mol. The van der Waals surface area contributed by atoms with E-state index in [4.69, 9.17) is 19.6 Å². The molecule has 0 amide bonds. The Morgan fingerprint density at radius 1 is 0.830 bits per heavy atom. The number of pyridine rings is 1. The van der Waals surface area contributed by atoms with Gasteiger partial charge < -0.3 is 14.0 Å². The van der Waals surface area contributed by atoms with Crippen LogP contribution in [0, 0.1) is 31.9 Å². The van der Waals surface area contributed by atoms with Gasteiger partial charge in [0, 0.05) is 34.5 Å². The molecule has 7 heteroatoms. The Balaban J connectivity index is 0.00000386. The van der Waals surface area contributed by atoms with Gasteiger partial charge >= 0.3 is 21.1 Å². The molecule has 0 fully saturated rings. The van der Waals surface area contributed by atoms with Crippen molar-refractivity contribution in [2.45, 2.75) is 40.5 Å². The minimum absolute atomic E-state index is 0. The van der Waals surface area contributed by atoms with E-state index in [9.17, 15) is 0 Å². The first-order valence-corrected chi connectivity index (χ1v) is 15.7. The van der Waals surface area contributed by atoms with Crippen molar-refractivity contribution < 1.29 is 30.5 Å². The van der Waals surface area contributed by atoms with Crippen LogP contribution in [-0.2, 0) is 27.5 Å². The normalized spacial score (nSPS) is 11.3. The van der Waals surface area contributed by atoms with Crippen LogP contribution in [0.3, 0.4) is 0 Å². The van der Waals surface area contributed by atoms with E-state index in [1.807, 2.05) is 54.2 Å². The molecule has 0 aliphatic rings. The Labute approximate surface area is 290 Å². The zero-order chi connectivity index (χ0) is 31.8. The van der Waals surface area contributed by atoms with Crippen LogP contribution in [-0.4, -0.2) is 26.4 Å². The van der Waals surface area contributed by atoms with E-state index in [0.717, 1.165) is 74.4 Å². The second-order valence-electron chi connectivity index (χ2n) is 12.1. The van der Waals surface area contributed by atoms with Crippen molar-refractivity contribution in [2.24, 2.45) is 5.92 Å². The number of fused-ring (bicyclic) bond motifs is 3. The van der Waals surface area contributed by atoms with E-state index >= 15 is 0 Å². The summed E-state index contributed by atoms with van der Waals surface area (Å²) in [4.78, 5) is 4.80. The van der Waals surface area contributed by atoms with Gasteiger partial charge in [-0.1, -0.05) is 49.7 Å². The van der Waals surface area contributed by atoms with Gasteiger partial charge in [0.15, 0.2) is 0 Å². The van der Waals surface area contributed by atoms with E-state index in [0.29, 0.717) is 17.4 Å². The monoisotopic (exact) mass is 799 g/mol. The summed E-state index contributed by atoms with van der Waals surface area (Å²) in [5, 5.41) is 6.97. The zero-order valence-electron chi connectivity index (χ0n) is 27.2. The average Bonchev–Trinajstić information content (AvgIpc) is 3.56. The number of hydrogen-bond acceptors (Lipinski definition) is 4. The van der Waals surface area contributed by atoms with Crippen molar-refractivity contribution in [3.8, 4) is 39.9 Å². The summed E-state index contributed by atoms with van der Waals surface area (Å²) in [5.74, 6) is 3.46. The molecule has 0 spiro atoms. The molecule has 0 bridgehead atoms. The number of nitrogens with zero attached hydrogens (tertiary/aromatic N) is 4. The minimum Gasteiger partial charge on any atom is -0.509 e. The molecule has 0 saturated heterocycles. The molecule has 0 saturated carbocycles. The molecule has 4 aromatic carbocycles. The maximum atomic E-state index is 6.42. The summed E-state index contributed by atoms with van der Waals surface area (Å²) in [5.41, 5.74) is 8.28. The Morgan fingerprint density at radius 3 is 2.43 bits per heavy atom. The molecular weight excluding hydrogens is 764 g/mol. The van der Waals surface area contributed by atoms with Gasteiger partial charge in [-0.25, -0.2) is 4.98 Å². The quantitative estimate of drug-likeness (QED) is 0.137. The van der Waals surface area contributed by atoms with Crippen LogP contribution in [0.1, 0.15) is 37.2 Å². The Hall–Kier alpha value is -4.67. The maximum Gasteiger partial charge on any atom is 2.00 e. The Bertz CT molecular complexity index is 2180. The number of ether oxygens (including phenoxy) is 2. The van der Waals surface area contributed by atoms with E-state index in [1.165, 1.54) is 5.56 Å². The third kappa shape index (κ3) is 6.35. The number of aryl methyl sites for hydroxylation is 2. The molecule has 0 unspecified atom stereocenters. The standard InChI is InChI=1S/C40H36N4O2.Pt/c1-26(2)14-15-29-20-21-41-39(22-29)43-37-19-17-32(45-5)24-36(37)35-18-16-34(25-38(35)43)46-33-13-9-12-31(23-33)44-28(4)40(27(3)42-44)30-10-7-6-8-11-30;/h6-13,16-22,24,26H,14-15H2,1-5H3;/q-2;+2. The van der Waals surface area contributed by atoms with Crippen LogP contribution in [0.15, 0.2) is 97.2 Å². The number of methoxy groups -OCH3 is 1. The predicted octanol–water partition coefficient (Wildman–Crippen LogP) is 9.64. The maximum absolute atomic E-state index is 6.42. The van der Waals surface area contributed by atoms with Crippen LogP contribution in [0.4, 0.5) is 0 Å². The first kappa shape index (κ1) is 32.3. The topological polar surface area (TPSA) is 54.1 Å². The van der Waals surface area contributed by atoms with E-state index in [2.05, 4.69) is 92.1 Å². The second-order valence-corrected chi connectivity index (χ2v) is 12.1. The van der Waals surface area contributed by atoms with Gasteiger partial charge in [0.05, 0.1) is 12.8 Å². The van der Waals surface area contributed by atoms with Crippen molar-refractivity contribution >= 4 is 21.8 Å². The summed E-state index contributed by atoms with van der Waals surface area (Å²) in [6.07, 6.45) is 4.03. The number of rotatable bonds is 9. The van der Waals surface area contributed by atoms with Crippen LogP contribution in [0.25, 0.3) is 44.4 Å². The fraction of sp³-hybridized carbons (Fsp3) is 0.200. The zero-order valence-corrected chi connectivity index (χ0v) is 29.4. The summed E-state index contributed by atoms with van der Waals surface area (Å²) in [6, 6.07) is 37.7. The van der Waals surface area contributed by atoms with Gasteiger partial charge in [-0.3, -0.25) is 4.68 Å². The Morgan fingerprint density at radius 2 is 1.64 bits per heavy atom. The van der Waals surface area contributed by atoms with Crippen molar-refractivity contribution in [1.82, 2.24) is 19.3 Å². The average molecular weight is 800 g/mol. The van der Waals surface area contributed by atoms with E-state index in [1.54, 1.807) is 7.11 Å². The molecule has 0 aliphatic carbocycles. The molecule has 7 aromatic rings. The molecule has 0 radical (unpaired) electrons. The van der Waals surface area contributed by atoms with Gasteiger partial charge in [-0.05, 0) is 85.1 Å². The molecule has 3 aromatic heterocycles. The summed E-state index contributed by atoms with van der Waals surface area (Å²) in [7, 11) is 1.69. The molecule has 7 rings (SSSR count). The van der Waals surface area contributed by atoms with Crippen molar-refractivity contribution in [3.05, 3.63) is 126 Å². The first-order chi connectivity index (χ1) is 22.4. The van der Waals surface area contributed by atoms with E-state index in [-0.39, 0.29) is 21.1 Å². The molecule has 47 heavy (non-hydrogen) atoms. The van der Waals surface area contributed by atoms with Crippen molar-refractivity contribution in [1.29, 1.82) is 0 Å². The van der Waals surface area contributed by atoms with Crippen LogP contribution in [0.5, 0.6) is 17.2 Å². The van der Waals surface area contributed by atoms with Gasteiger partial charge in [-0.2, -0.15) is 17.2 Å². The molecule has 0 aliphatic heterocycles. The third-order valence-electron chi connectivity index (χ3n) is 8.46. The largest absolute Gasteiger partial charge is 2.00 e. The summed E-state index contributed by atoms with van der Waals surface area (Å²) >= 11 is 0. The molecule has 6 nitrogen and oxygen atoms in total. The van der Waals surface area contributed by atoms with Crippen molar-refractivity contribution in [3.63, 3.8) is 0 Å². The van der Waals surface area contributed by atoms with Gasteiger partial charge in [0.25, 0.3) is 0 Å². The summed E-state index contributed by atoms with van der Waals surface area (Å²) in [6.45, 7) is 8.64. The van der Waals surface area contributed by atoms with Crippen LogP contribution in [0.2, 0.25) is 0 Å². The second kappa shape index (κ2) is 13.6. The fourth-order valence-electron chi connectivity index (χ4n) is 6.16. The SMILES string of the molecule is COc1ccc2c(c1)c1ccc(Oc3[c-]c(-n4nc(C)c(-c5ccccc5)c4C)ccc3)[c-]c1n2-c1cc(CCC(C)C)ccn1.[Pt+2]. The van der Waals surface area contributed by atoms with Gasteiger partial charge in [-0.15, -0.1) is 35.7 Å². The smallest absolute Gasteiger partial charge is 0.509 e. The number of benzene rings is 4. The summed E-state index contributed by atoms with van der Waals surface area (Å²) < 4.78 is 16.1. The number of aromatic nitrogens is 4. The molecule has 238 valence electrons. The third-order valence-corrected chi connectivity index (χ3v) is 8.46. The van der Waals surface area contributed by atoms with Crippen LogP contribution < -0.4 is 9.47 Å². The fourth-order valence-corrected chi connectivity index (χ4v) is 6.16. The van der Waals surface area contributed by atoms with Crippen LogP contribution >= 0.6 is 0 Å². The van der Waals surface area contributed by atoms with E-state index < -0.39 is 0 Å².